The summed E-state index contributed by atoms with van der Waals surface area (Å²) in [5.74, 6) is 0.345. The Morgan fingerprint density at radius 1 is 1.20 bits per heavy atom. The molecule has 5 atom stereocenters. The first-order valence-corrected chi connectivity index (χ1v) is 11.9. The number of carbonyl (C=O) groups is 2. The lowest BCUT2D eigenvalue weighted by Gasteiger charge is -2.54. The molecule has 1 aliphatic heterocycles. The number of nitrogens with zero attached hydrogens (tertiary/aromatic N) is 1. The highest BCUT2D eigenvalue weighted by Gasteiger charge is 2.61. The Kier molecular flexibility index (Phi) is 4.88. The molecular weight excluding hydrogens is 376 g/mol. The van der Waals surface area contributed by atoms with E-state index in [9.17, 15) is 14.7 Å². The van der Waals surface area contributed by atoms with Crippen molar-refractivity contribution in [2.45, 2.75) is 64.4 Å². The van der Waals surface area contributed by atoms with Crippen molar-refractivity contribution in [1.29, 1.82) is 0 Å². The van der Waals surface area contributed by atoms with Gasteiger partial charge in [-0.05, 0) is 56.4 Å². The lowest BCUT2D eigenvalue weighted by Crippen LogP contribution is -2.53. The van der Waals surface area contributed by atoms with Crippen LogP contribution in [0.3, 0.4) is 0 Å². The smallest absolute Gasteiger partial charge is 0.221 e. The van der Waals surface area contributed by atoms with Crippen molar-refractivity contribution in [3.63, 3.8) is 0 Å². The molecule has 2 saturated carbocycles. The third kappa shape index (κ3) is 2.92. The van der Waals surface area contributed by atoms with Gasteiger partial charge in [0.2, 0.25) is 11.6 Å². The normalized spacial score (nSPS) is 44.1. The minimum absolute atomic E-state index is 0.0960. The van der Waals surface area contributed by atoms with Gasteiger partial charge in [-0.25, -0.2) is 0 Å². The SMILES string of the molecule is C[C@]12CC(=O)C(=O)C=C1CC[C@@H]1C2=CC[C@@]2(C)[C@H]1CC[C@]2(O)CCN1CCNCC1. The molecule has 0 spiro atoms. The molecule has 5 heteroatoms. The summed E-state index contributed by atoms with van der Waals surface area (Å²) in [5.41, 5.74) is 1.55. The number of rotatable bonds is 3. The fourth-order valence-corrected chi connectivity index (χ4v) is 7.57. The van der Waals surface area contributed by atoms with Crippen LogP contribution in [0, 0.1) is 22.7 Å². The Morgan fingerprint density at radius 3 is 2.73 bits per heavy atom. The third-order valence-corrected chi connectivity index (χ3v) is 9.60. The fraction of sp³-hybridized carbons (Fsp3) is 0.760. The maximum atomic E-state index is 12.3. The van der Waals surface area contributed by atoms with Crippen LogP contribution < -0.4 is 5.32 Å². The maximum absolute atomic E-state index is 12.3. The van der Waals surface area contributed by atoms with Crippen molar-refractivity contribution in [3.8, 4) is 0 Å². The number of Topliss-reactive ketones (excluding diaryl/α,β-unsaturated/α-hetero) is 1. The molecule has 0 aromatic carbocycles. The number of piperazine rings is 1. The Labute approximate surface area is 180 Å². The molecule has 4 aliphatic carbocycles. The molecule has 0 aromatic rings. The minimum Gasteiger partial charge on any atom is -0.389 e. The van der Waals surface area contributed by atoms with Gasteiger partial charge in [-0.1, -0.05) is 31.1 Å². The number of fused-ring (bicyclic) bond motifs is 5. The Morgan fingerprint density at radius 2 is 1.97 bits per heavy atom. The first-order valence-electron chi connectivity index (χ1n) is 11.9. The van der Waals surface area contributed by atoms with E-state index in [0.717, 1.165) is 76.8 Å². The molecule has 0 aromatic heterocycles. The van der Waals surface area contributed by atoms with E-state index in [-0.39, 0.29) is 22.4 Å². The van der Waals surface area contributed by atoms with Crippen LogP contribution in [0.4, 0.5) is 0 Å². The van der Waals surface area contributed by atoms with E-state index >= 15 is 0 Å². The number of carbonyl (C=O) groups excluding carboxylic acids is 2. The summed E-state index contributed by atoms with van der Waals surface area (Å²) < 4.78 is 0. The third-order valence-electron chi connectivity index (χ3n) is 9.60. The van der Waals surface area contributed by atoms with Crippen molar-refractivity contribution >= 4 is 11.6 Å². The summed E-state index contributed by atoms with van der Waals surface area (Å²) in [5, 5.41) is 15.3. The zero-order valence-electron chi connectivity index (χ0n) is 18.5. The van der Waals surface area contributed by atoms with Crippen LogP contribution in [0.2, 0.25) is 0 Å². The van der Waals surface area contributed by atoms with Gasteiger partial charge in [-0.2, -0.15) is 0 Å². The molecule has 164 valence electrons. The lowest BCUT2D eigenvalue weighted by atomic mass is 9.50. The number of allylic oxidation sites excluding steroid dienone is 4. The van der Waals surface area contributed by atoms with Gasteiger partial charge in [-0.15, -0.1) is 0 Å². The Hall–Kier alpha value is -1.30. The van der Waals surface area contributed by atoms with Gasteiger partial charge in [0, 0.05) is 50.0 Å². The molecule has 0 amide bonds. The van der Waals surface area contributed by atoms with Crippen molar-refractivity contribution in [2.75, 3.05) is 32.7 Å². The second-order valence-electron chi connectivity index (χ2n) is 10.9. The van der Waals surface area contributed by atoms with Crippen LogP contribution in [0.5, 0.6) is 0 Å². The molecule has 5 nitrogen and oxygen atoms in total. The summed E-state index contributed by atoms with van der Waals surface area (Å²) in [6.45, 7) is 9.70. The molecule has 5 aliphatic rings. The van der Waals surface area contributed by atoms with Crippen molar-refractivity contribution in [3.05, 3.63) is 23.3 Å². The molecule has 0 unspecified atom stereocenters. The van der Waals surface area contributed by atoms with Crippen molar-refractivity contribution in [1.82, 2.24) is 10.2 Å². The molecule has 1 heterocycles. The lowest BCUT2D eigenvalue weighted by molar-refractivity contribution is -0.135. The monoisotopic (exact) mass is 412 g/mol. The first-order chi connectivity index (χ1) is 14.3. The topological polar surface area (TPSA) is 69.6 Å². The maximum Gasteiger partial charge on any atom is 0.221 e. The molecular formula is C25H36N2O3. The fourth-order valence-electron chi connectivity index (χ4n) is 7.57. The largest absolute Gasteiger partial charge is 0.389 e. The zero-order valence-corrected chi connectivity index (χ0v) is 18.5. The highest BCUT2D eigenvalue weighted by atomic mass is 16.3. The zero-order chi connectivity index (χ0) is 21.1. The van der Waals surface area contributed by atoms with Crippen LogP contribution in [0.15, 0.2) is 23.3 Å². The Balaban J connectivity index is 1.40. The molecule has 1 saturated heterocycles. The van der Waals surface area contributed by atoms with Crippen molar-refractivity contribution < 1.29 is 14.7 Å². The summed E-state index contributed by atoms with van der Waals surface area (Å²) in [6, 6.07) is 0. The highest BCUT2D eigenvalue weighted by molar-refractivity contribution is 6.42. The predicted octanol–water partition coefficient (Wildman–Crippen LogP) is 2.64. The predicted molar refractivity (Wildman–Crippen MR) is 116 cm³/mol. The van der Waals surface area contributed by atoms with E-state index in [0.29, 0.717) is 18.3 Å². The van der Waals surface area contributed by atoms with E-state index < -0.39 is 5.60 Å². The molecule has 2 N–H and O–H groups in total. The van der Waals surface area contributed by atoms with Crippen molar-refractivity contribution in [2.24, 2.45) is 22.7 Å². The molecule has 0 bridgehead atoms. The number of aliphatic hydroxyl groups is 1. The molecule has 5 rings (SSSR count). The van der Waals surface area contributed by atoms with Gasteiger partial charge in [0.05, 0.1) is 5.60 Å². The van der Waals surface area contributed by atoms with Gasteiger partial charge < -0.3 is 15.3 Å². The minimum atomic E-state index is -0.611. The van der Waals surface area contributed by atoms with E-state index in [1.54, 1.807) is 6.08 Å². The van der Waals surface area contributed by atoms with Gasteiger partial charge in [-0.3, -0.25) is 9.59 Å². The summed E-state index contributed by atoms with van der Waals surface area (Å²) in [6.07, 6.45) is 9.96. The van der Waals surface area contributed by atoms with Crippen LogP contribution in [0.25, 0.3) is 0 Å². The second kappa shape index (κ2) is 7.11. The number of hydrogen-bond donors (Lipinski definition) is 2. The van der Waals surface area contributed by atoms with E-state index in [1.807, 2.05) is 0 Å². The number of hydrogen-bond acceptors (Lipinski definition) is 5. The number of ketones is 2. The number of nitrogens with one attached hydrogen (secondary N) is 1. The Bertz CT molecular complexity index is 826. The summed E-state index contributed by atoms with van der Waals surface area (Å²) >= 11 is 0. The van der Waals surface area contributed by atoms with Gasteiger partial charge >= 0.3 is 0 Å². The summed E-state index contributed by atoms with van der Waals surface area (Å²) in [7, 11) is 0. The second-order valence-corrected chi connectivity index (χ2v) is 10.9. The quantitative estimate of drug-likeness (QED) is 0.551. The van der Waals surface area contributed by atoms with E-state index in [1.165, 1.54) is 5.57 Å². The van der Waals surface area contributed by atoms with Gasteiger partial charge in [0.25, 0.3) is 0 Å². The average molecular weight is 413 g/mol. The van der Waals surface area contributed by atoms with Gasteiger partial charge in [0.15, 0.2) is 0 Å². The van der Waals surface area contributed by atoms with Crippen LogP contribution in [-0.2, 0) is 9.59 Å². The van der Waals surface area contributed by atoms with E-state index in [4.69, 9.17) is 0 Å². The van der Waals surface area contributed by atoms with Crippen LogP contribution >= 0.6 is 0 Å². The standard InChI is InChI=1S/C25H36N2O3/c1-23-16-22(29)21(28)15-17(23)3-4-18-19(23)5-7-24(2)20(18)6-8-25(24,30)9-12-27-13-10-26-11-14-27/h5,15,18,20,26,30H,3-4,6-14,16H2,1-2H3/t18-,20+,23+,24+,25+/m1/s1. The highest BCUT2D eigenvalue weighted by Crippen LogP contribution is 2.65. The molecule has 0 radical (unpaired) electrons. The average Bonchev–Trinajstić information content (AvgIpc) is 3.00. The first kappa shape index (κ1) is 20.6. The van der Waals surface area contributed by atoms with Gasteiger partial charge in [0.1, 0.15) is 0 Å². The summed E-state index contributed by atoms with van der Waals surface area (Å²) in [4.78, 5) is 26.8. The van der Waals surface area contributed by atoms with Crippen LogP contribution in [-0.4, -0.2) is 59.9 Å². The molecule has 30 heavy (non-hydrogen) atoms. The van der Waals surface area contributed by atoms with Crippen LogP contribution in [0.1, 0.15) is 58.8 Å². The van der Waals surface area contributed by atoms with E-state index in [2.05, 4.69) is 30.1 Å². The molecule has 3 fully saturated rings.